The third kappa shape index (κ3) is 5.11. The summed E-state index contributed by atoms with van der Waals surface area (Å²) in [6.45, 7) is 2.58. The number of nitrogens with one attached hydrogen (secondary N) is 1. The summed E-state index contributed by atoms with van der Waals surface area (Å²) in [7, 11) is 3.16. The number of ether oxygens (including phenoxy) is 3. The number of hydrogen-bond acceptors (Lipinski definition) is 6. The average molecular weight is 411 g/mol. The van der Waals surface area contributed by atoms with E-state index in [1.54, 1.807) is 44.6 Å². The fourth-order valence-corrected chi connectivity index (χ4v) is 3.15. The summed E-state index contributed by atoms with van der Waals surface area (Å²) < 4.78 is 21.3. The van der Waals surface area contributed by atoms with Crippen LogP contribution in [0.15, 0.2) is 51.7 Å². The van der Waals surface area contributed by atoms with Gasteiger partial charge in [-0.05, 0) is 55.3 Å². The van der Waals surface area contributed by atoms with E-state index in [4.69, 9.17) is 18.6 Å². The normalized spacial score (nSPS) is 10.6. The van der Waals surface area contributed by atoms with Crippen molar-refractivity contribution in [3.8, 4) is 17.2 Å². The van der Waals surface area contributed by atoms with Gasteiger partial charge in [0.05, 0.1) is 20.8 Å². The van der Waals surface area contributed by atoms with Crippen LogP contribution in [-0.2, 0) is 11.2 Å². The first-order chi connectivity index (χ1) is 14.5. The molecular formula is C23H25NO6. The third-order valence-electron chi connectivity index (χ3n) is 4.85. The van der Waals surface area contributed by atoms with Crippen LogP contribution in [0.2, 0.25) is 0 Å². The standard InChI is InChI=1S/C23H25NO6/c1-15-19-9-8-18(28-3)14-21(19)30-23(26)20(15)10-11-22(25)24-12-13-29-17-6-4-16(27-2)5-7-17/h4-9,14H,10-13H2,1-3H3,(H,24,25). The van der Waals surface area contributed by atoms with Crippen molar-refractivity contribution in [3.05, 3.63) is 64.0 Å². The molecule has 7 heteroatoms. The highest BCUT2D eigenvalue weighted by Crippen LogP contribution is 2.24. The molecule has 0 atom stereocenters. The Morgan fingerprint density at radius 3 is 2.37 bits per heavy atom. The molecule has 30 heavy (non-hydrogen) atoms. The summed E-state index contributed by atoms with van der Waals surface area (Å²) in [6, 6.07) is 12.6. The fourth-order valence-electron chi connectivity index (χ4n) is 3.15. The van der Waals surface area contributed by atoms with Gasteiger partial charge in [0.2, 0.25) is 5.91 Å². The monoisotopic (exact) mass is 411 g/mol. The Morgan fingerprint density at radius 2 is 1.67 bits per heavy atom. The second kappa shape index (κ2) is 9.82. The van der Waals surface area contributed by atoms with Crippen molar-refractivity contribution in [3.63, 3.8) is 0 Å². The van der Waals surface area contributed by atoms with E-state index in [1.165, 1.54) is 0 Å². The van der Waals surface area contributed by atoms with Gasteiger partial charge in [-0.2, -0.15) is 0 Å². The minimum Gasteiger partial charge on any atom is -0.497 e. The zero-order chi connectivity index (χ0) is 21.5. The van der Waals surface area contributed by atoms with Gasteiger partial charge in [0.25, 0.3) is 0 Å². The van der Waals surface area contributed by atoms with Crippen molar-refractivity contribution < 1.29 is 23.4 Å². The SMILES string of the molecule is COc1ccc(OCCNC(=O)CCc2c(C)c3ccc(OC)cc3oc2=O)cc1. The van der Waals surface area contributed by atoms with Crippen molar-refractivity contribution in [1.29, 1.82) is 0 Å². The predicted molar refractivity (Wildman–Crippen MR) is 114 cm³/mol. The van der Waals surface area contributed by atoms with Gasteiger partial charge in [-0.25, -0.2) is 4.79 Å². The summed E-state index contributed by atoms with van der Waals surface area (Å²) in [5.74, 6) is 1.92. The molecule has 1 N–H and O–H groups in total. The highest BCUT2D eigenvalue weighted by Gasteiger charge is 2.13. The molecular weight excluding hydrogens is 386 g/mol. The summed E-state index contributed by atoms with van der Waals surface area (Å²) >= 11 is 0. The van der Waals surface area contributed by atoms with E-state index in [0.29, 0.717) is 42.2 Å². The first kappa shape index (κ1) is 21.2. The van der Waals surface area contributed by atoms with Crippen LogP contribution in [0.1, 0.15) is 17.5 Å². The first-order valence-electron chi connectivity index (χ1n) is 9.65. The zero-order valence-electron chi connectivity index (χ0n) is 17.3. The Hall–Kier alpha value is -3.48. The molecule has 2 aromatic carbocycles. The molecule has 0 radical (unpaired) electrons. The molecule has 158 valence electrons. The van der Waals surface area contributed by atoms with E-state index in [2.05, 4.69) is 5.32 Å². The number of amides is 1. The molecule has 0 saturated heterocycles. The Bertz CT molecular complexity index is 1070. The maximum absolute atomic E-state index is 12.4. The van der Waals surface area contributed by atoms with Crippen molar-refractivity contribution in [2.24, 2.45) is 0 Å². The van der Waals surface area contributed by atoms with Crippen LogP contribution >= 0.6 is 0 Å². The number of rotatable bonds is 9. The van der Waals surface area contributed by atoms with Gasteiger partial charge in [0.1, 0.15) is 29.4 Å². The highest BCUT2D eigenvalue weighted by molar-refractivity contribution is 5.82. The number of hydrogen-bond donors (Lipinski definition) is 1. The third-order valence-corrected chi connectivity index (χ3v) is 4.85. The number of carbonyl (C=O) groups is 1. The Balaban J connectivity index is 1.51. The molecule has 3 aromatic rings. The highest BCUT2D eigenvalue weighted by atomic mass is 16.5. The molecule has 1 aromatic heterocycles. The topological polar surface area (TPSA) is 87.0 Å². The lowest BCUT2D eigenvalue weighted by Crippen LogP contribution is -2.28. The molecule has 0 bridgehead atoms. The van der Waals surface area contributed by atoms with Crippen LogP contribution in [0.5, 0.6) is 17.2 Å². The zero-order valence-corrected chi connectivity index (χ0v) is 17.3. The van der Waals surface area contributed by atoms with E-state index in [9.17, 15) is 9.59 Å². The second-order valence-corrected chi connectivity index (χ2v) is 6.73. The Kier molecular flexibility index (Phi) is 6.95. The second-order valence-electron chi connectivity index (χ2n) is 6.73. The van der Waals surface area contributed by atoms with Crippen molar-refractivity contribution in [1.82, 2.24) is 5.32 Å². The van der Waals surface area contributed by atoms with Crippen LogP contribution in [0.3, 0.4) is 0 Å². The molecule has 0 fully saturated rings. The van der Waals surface area contributed by atoms with E-state index in [0.717, 1.165) is 16.7 Å². The van der Waals surface area contributed by atoms with Crippen molar-refractivity contribution >= 4 is 16.9 Å². The van der Waals surface area contributed by atoms with Crippen LogP contribution in [0, 0.1) is 6.92 Å². The lowest BCUT2D eigenvalue weighted by atomic mass is 10.0. The molecule has 0 aliphatic carbocycles. The Morgan fingerprint density at radius 1 is 1.00 bits per heavy atom. The number of carbonyl (C=O) groups excluding carboxylic acids is 1. The summed E-state index contributed by atoms with van der Waals surface area (Å²) in [4.78, 5) is 24.5. The van der Waals surface area contributed by atoms with E-state index in [-0.39, 0.29) is 12.3 Å². The lowest BCUT2D eigenvalue weighted by Gasteiger charge is -2.10. The fraction of sp³-hybridized carbons (Fsp3) is 0.304. The summed E-state index contributed by atoms with van der Waals surface area (Å²) in [6.07, 6.45) is 0.497. The quantitative estimate of drug-likeness (QED) is 0.430. The first-order valence-corrected chi connectivity index (χ1v) is 9.65. The predicted octanol–water partition coefficient (Wildman–Crippen LogP) is 3.25. The number of benzene rings is 2. The summed E-state index contributed by atoms with van der Waals surface area (Å²) in [5.41, 5.74) is 1.38. The Labute approximate surface area is 174 Å². The van der Waals surface area contributed by atoms with Crippen molar-refractivity contribution in [2.45, 2.75) is 19.8 Å². The molecule has 0 saturated carbocycles. The maximum atomic E-state index is 12.4. The molecule has 1 heterocycles. The van der Waals surface area contributed by atoms with Crippen LogP contribution in [0.4, 0.5) is 0 Å². The van der Waals surface area contributed by atoms with Gasteiger partial charge in [-0.15, -0.1) is 0 Å². The lowest BCUT2D eigenvalue weighted by molar-refractivity contribution is -0.121. The summed E-state index contributed by atoms with van der Waals surface area (Å²) in [5, 5.41) is 3.63. The number of aryl methyl sites for hydroxylation is 1. The van der Waals surface area contributed by atoms with E-state index >= 15 is 0 Å². The minimum absolute atomic E-state index is 0.151. The molecule has 1 amide bonds. The average Bonchev–Trinajstić information content (AvgIpc) is 2.76. The van der Waals surface area contributed by atoms with Gasteiger partial charge in [-0.3, -0.25) is 4.79 Å². The molecule has 0 aliphatic rings. The molecule has 0 aliphatic heterocycles. The van der Waals surface area contributed by atoms with Crippen LogP contribution in [-0.4, -0.2) is 33.3 Å². The molecule has 7 nitrogen and oxygen atoms in total. The van der Waals surface area contributed by atoms with E-state index < -0.39 is 5.63 Å². The van der Waals surface area contributed by atoms with Gasteiger partial charge in [-0.1, -0.05) is 0 Å². The number of fused-ring (bicyclic) bond motifs is 1. The van der Waals surface area contributed by atoms with Crippen molar-refractivity contribution in [2.75, 3.05) is 27.4 Å². The molecule has 3 rings (SSSR count). The van der Waals surface area contributed by atoms with Crippen LogP contribution in [0.25, 0.3) is 11.0 Å². The van der Waals surface area contributed by atoms with Gasteiger partial charge in [0.15, 0.2) is 0 Å². The molecule has 0 spiro atoms. The minimum atomic E-state index is -0.427. The van der Waals surface area contributed by atoms with Gasteiger partial charge >= 0.3 is 5.63 Å². The molecule has 0 unspecified atom stereocenters. The largest absolute Gasteiger partial charge is 0.497 e. The maximum Gasteiger partial charge on any atom is 0.339 e. The number of methoxy groups -OCH3 is 2. The van der Waals surface area contributed by atoms with Crippen LogP contribution < -0.4 is 25.2 Å². The van der Waals surface area contributed by atoms with Gasteiger partial charge in [0, 0.05) is 23.4 Å². The van der Waals surface area contributed by atoms with Gasteiger partial charge < -0.3 is 23.9 Å². The van der Waals surface area contributed by atoms with E-state index in [1.807, 2.05) is 19.1 Å². The smallest absolute Gasteiger partial charge is 0.339 e.